The number of hydrogen-bond acceptors (Lipinski definition) is 5. The number of sulfonamides is 1. The number of hydrogen-bond donors (Lipinski definition) is 1. The van der Waals surface area contributed by atoms with Crippen LogP contribution in [-0.4, -0.2) is 14.7 Å². The van der Waals surface area contributed by atoms with E-state index in [4.69, 9.17) is 4.42 Å². The molecule has 1 aromatic carbocycles. The predicted octanol–water partition coefficient (Wildman–Crippen LogP) is 1.53. The molecule has 86 valence electrons. The molecule has 0 saturated carbocycles. The Hall–Kier alpha value is -1.34. The van der Waals surface area contributed by atoms with Crippen molar-refractivity contribution >= 4 is 37.3 Å². The number of fused-ring (bicyclic) bond motifs is 1. The van der Waals surface area contributed by atoms with Crippen LogP contribution in [0.15, 0.2) is 21.3 Å². The van der Waals surface area contributed by atoms with Crippen molar-refractivity contribution in [1.82, 2.24) is 0 Å². The van der Waals surface area contributed by atoms with Gasteiger partial charge in [0.2, 0.25) is 10.0 Å². The Labute approximate surface area is 95.8 Å². The average molecular weight is 259 g/mol. The van der Waals surface area contributed by atoms with Gasteiger partial charge in [0, 0.05) is 0 Å². The van der Waals surface area contributed by atoms with Crippen LogP contribution in [0.4, 0.5) is 5.69 Å². The highest BCUT2D eigenvalue weighted by Crippen LogP contribution is 2.25. The lowest BCUT2D eigenvalue weighted by Gasteiger charge is -2.06. The lowest BCUT2D eigenvalue weighted by molar-refractivity contribution is 0.585. The van der Waals surface area contributed by atoms with Gasteiger partial charge in [-0.3, -0.25) is 4.72 Å². The first-order valence-corrected chi connectivity index (χ1v) is 7.08. The zero-order valence-corrected chi connectivity index (χ0v) is 10.2. The summed E-state index contributed by atoms with van der Waals surface area (Å²) in [6, 6.07) is 3.24. The van der Waals surface area contributed by atoms with Crippen LogP contribution in [0.1, 0.15) is 5.56 Å². The van der Waals surface area contributed by atoms with Crippen LogP contribution in [0.25, 0.3) is 10.3 Å². The second kappa shape index (κ2) is 3.60. The standard InChI is InChI=1S/C9H9NO4S2/c1-5-3-7-8(15-9(11)14-7)4-6(5)10-16(2,12)13/h3-4,10H,1-2H3. The summed E-state index contributed by atoms with van der Waals surface area (Å²) >= 11 is 0.944. The molecule has 0 spiro atoms. The van der Waals surface area contributed by atoms with Gasteiger partial charge in [-0.1, -0.05) is 11.3 Å². The Morgan fingerprint density at radius 2 is 2.06 bits per heavy atom. The number of benzene rings is 1. The van der Waals surface area contributed by atoms with Crippen LogP contribution < -0.4 is 9.66 Å². The van der Waals surface area contributed by atoms with Gasteiger partial charge in [-0.05, 0) is 24.6 Å². The first-order chi connectivity index (χ1) is 7.35. The van der Waals surface area contributed by atoms with Gasteiger partial charge in [0.25, 0.3) is 0 Å². The molecule has 1 heterocycles. The summed E-state index contributed by atoms with van der Waals surface area (Å²) in [5.41, 5.74) is 1.65. The maximum Gasteiger partial charge on any atom is 0.396 e. The monoisotopic (exact) mass is 259 g/mol. The number of aryl methyl sites for hydroxylation is 1. The highest BCUT2D eigenvalue weighted by atomic mass is 32.2. The first kappa shape index (κ1) is 11.2. The van der Waals surface area contributed by atoms with Gasteiger partial charge in [-0.2, -0.15) is 0 Å². The Morgan fingerprint density at radius 3 is 2.69 bits per heavy atom. The third-order valence-electron chi connectivity index (χ3n) is 1.97. The first-order valence-electron chi connectivity index (χ1n) is 4.37. The zero-order chi connectivity index (χ0) is 11.9. The van der Waals surface area contributed by atoms with E-state index in [1.165, 1.54) is 0 Å². The summed E-state index contributed by atoms with van der Waals surface area (Å²) < 4.78 is 30.1. The van der Waals surface area contributed by atoms with Gasteiger partial charge < -0.3 is 4.42 Å². The van der Waals surface area contributed by atoms with Crippen LogP contribution in [0.5, 0.6) is 0 Å². The van der Waals surface area contributed by atoms with Gasteiger partial charge in [0.1, 0.15) is 5.58 Å². The maximum absolute atomic E-state index is 11.1. The molecule has 1 N–H and O–H groups in total. The number of rotatable bonds is 2. The lowest BCUT2D eigenvalue weighted by Crippen LogP contribution is -2.10. The molecular weight excluding hydrogens is 250 g/mol. The second-order valence-electron chi connectivity index (χ2n) is 3.44. The normalized spacial score (nSPS) is 11.9. The van der Waals surface area contributed by atoms with Gasteiger partial charge in [0.05, 0.1) is 16.6 Å². The zero-order valence-electron chi connectivity index (χ0n) is 8.60. The van der Waals surface area contributed by atoms with Crippen molar-refractivity contribution in [2.75, 3.05) is 11.0 Å². The third kappa shape index (κ3) is 2.25. The molecule has 0 atom stereocenters. The molecule has 0 bridgehead atoms. The molecule has 0 fully saturated rings. The summed E-state index contributed by atoms with van der Waals surface area (Å²) in [6.45, 7) is 1.74. The van der Waals surface area contributed by atoms with E-state index in [9.17, 15) is 13.2 Å². The molecule has 16 heavy (non-hydrogen) atoms. The van der Waals surface area contributed by atoms with E-state index in [1.807, 2.05) is 0 Å². The second-order valence-corrected chi connectivity index (χ2v) is 6.17. The summed E-state index contributed by atoms with van der Waals surface area (Å²) in [6.07, 6.45) is 1.08. The van der Waals surface area contributed by atoms with E-state index < -0.39 is 15.0 Å². The van der Waals surface area contributed by atoms with Crippen LogP contribution in [-0.2, 0) is 10.0 Å². The fourth-order valence-corrected chi connectivity index (χ4v) is 2.64. The van der Waals surface area contributed by atoms with Crippen LogP contribution in [0.3, 0.4) is 0 Å². The Morgan fingerprint density at radius 1 is 1.38 bits per heavy atom. The van der Waals surface area contributed by atoms with Gasteiger partial charge >= 0.3 is 4.94 Å². The molecule has 5 nitrogen and oxygen atoms in total. The van der Waals surface area contributed by atoms with Gasteiger partial charge in [-0.25, -0.2) is 13.2 Å². The van der Waals surface area contributed by atoms with E-state index in [1.54, 1.807) is 19.1 Å². The fraction of sp³-hybridized carbons (Fsp3) is 0.222. The van der Waals surface area contributed by atoms with E-state index in [0.29, 0.717) is 21.5 Å². The van der Waals surface area contributed by atoms with E-state index in [0.717, 1.165) is 17.6 Å². The van der Waals surface area contributed by atoms with Crippen molar-refractivity contribution in [3.8, 4) is 0 Å². The van der Waals surface area contributed by atoms with Crippen molar-refractivity contribution in [2.45, 2.75) is 6.92 Å². The number of anilines is 1. The summed E-state index contributed by atoms with van der Waals surface area (Å²) in [5.74, 6) is 0. The summed E-state index contributed by atoms with van der Waals surface area (Å²) in [7, 11) is -3.32. The maximum atomic E-state index is 11.1. The molecule has 0 amide bonds. The van der Waals surface area contributed by atoms with E-state index in [2.05, 4.69) is 4.72 Å². The quantitative estimate of drug-likeness (QED) is 0.887. The molecule has 1 aromatic heterocycles. The largest absolute Gasteiger partial charge is 0.414 e. The smallest absolute Gasteiger partial charge is 0.396 e. The fourth-order valence-electron chi connectivity index (χ4n) is 1.33. The van der Waals surface area contributed by atoms with Crippen molar-refractivity contribution < 1.29 is 12.8 Å². The molecule has 0 radical (unpaired) electrons. The Bertz CT molecular complexity index is 696. The SMILES string of the molecule is Cc1cc2oc(=O)sc2cc1NS(C)(=O)=O. The van der Waals surface area contributed by atoms with Gasteiger partial charge in [0.15, 0.2) is 0 Å². The molecule has 2 rings (SSSR count). The van der Waals surface area contributed by atoms with Crippen molar-refractivity contribution in [2.24, 2.45) is 0 Å². The Balaban J connectivity index is 2.62. The lowest BCUT2D eigenvalue weighted by atomic mass is 10.2. The van der Waals surface area contributed by atoms with E-state index >= 15 is 0 Å². The van der Waals surface area contributed by atoms with E-state index in [-0.39, 0.29) is 0 Å². The van der Waals surface area contributed by atoms with Crippen LogP contribution in [0, 0.1) is 6.92 Å². The van der Waals surface area contributed by atoms with Crippen molar-refractivity contribution in [3.05, 3.63) is 27.4 Å². The molecular formula is C9H9NO4S2. The molecule has 7 heteroatoms. The van der Waals surface area contributed by atoms with Crippen LogP contribution in [0.2, 0.25) is 0 Å². The summed E-state index contributed by atoms with van der Waals surface area (Å²) in [4.78, 5) is 10.6. The molecule has 0 saturated heterocycles. The molecule has 0 aliphatic carbocycles. The average Bonchev–Trinajstić information content (AvgIpc) is 2.42. The minimum absolute atomic E-state index is 0.397. The highest BCUT2D eigenvalue weighted by molar-refractivity contribution is 7.92. The minimum atomic E-state index is -3.32. The molecule has 0 aliphatic rings. The predicted molar refractivity (Wildman–Crippen MR) is 63.6 cm³/mol. The van der Waals surface area contributed by atoms with Crippen molar-refractivity contribution in [1.29, 1.82) is 0 Å². The molecule has 0 aliphatic heterocycles. The number of nitrogens with one attached hydrogen (secondary N) is 1. The third-order valence-corrected chi connectivity index (χ3v) is 3.35. The molecule has 0 unspecified atom stereocenters. The molecule has 2 aromatic rings. The van der Waals surface area contributed by atoms with Gasteiger partial charge in [-0.15, -0.1) is 0 Å². The topological polar surface area (TPSA) is 76.4 Å². The highest BCUT2D eigenvalue weighted by Gasteiger charge is 2.09. The summed E-state index contributed by atoms with van der Waals surface area (Å²) in [5, 5.41) is 0. The van der Waals surface area contributed by atoms with Crippen molar-refractivity contribution in [3.63, 3.8) is 0 Å². The minimum Gasteiger partial charge on any atom is -0.414 e. The van der Waals surface area contributed by atoms with Crippen LogP contribution >= 0.6 is 11.3 Å². The Kier molecular flexibility index (Phi) is 2.51.